The van der Waals surface area contributed by atoms with Crippen LogP contribution in [0.4, 0.5) is 10.1 Å². The van der Waals surface area contributed by atoms with Gasteiger partial charge < -0.3 is 5.73 Å². The van der Waals surface area contributed by atoms with E-state index in [0.717, 1.165) is 6.07 Å². The summed E-state index contributed by atoms with van der Waals surface area (Å²) in [4.78, 5) is 40.2. The Morgan fingerprint density at radius 2 is 2.05 bits per heavy atom. The first-order valence-corrected chi connectivity index (χ1v) is 6.91. The fourth-order valence-electron chi connectivity index (χ4n) is 2.90. The summed E-state index contributed by atoms with van der Waals surface area (Å²) in [5.74, 6) is -0.861. The quantitative estimate of drug-likeness (QED) is 0.632. The molecule has 3 rings (SSSR count). The molecule has 1 aliphatic carbocycles. The number of rotatable bonds is 1. The van der Waals surface area contributed by atoms with Crippen LogP contribution in [0.25, 0.3) is 10.9 Å². The van der Waals surface area contributed by atoms with Gasteiger partial charge in [-0.3, -0.25) is 19.0 Å². The van der Waals surface area contributed by atoms with Crippen molar-refractivity contribution in [3.63, 3.8) is 0 Å². The number of hydrogen-bond acceptors (Lipinski definition) is 5. The van der Waals surface area contributed by atoms with Gasteiger partial charge in [-0.25, -0.2) is 9.37 Å². The van der Waals surface area contributed by atoms with Gasteiger partial charge in [0.2, 0.25) is 0 Å². The van der Waals surface area contributed by atoms with Crippen LogP contribution in [0.2, 0.25) is 0 Å². The molecule has 6 nitrogen and oxygen atoms in total. The number of Topliss-reactive ketones (excluding diaryl/α,β-unsaturated/α-hetero) is 2. The lowest BCUT2D eigenvalue weighted by Crippen LogP contribution is -2.36. The summed E-state index contributed by atoms with van der Waals surface area (Å²) in [6.45, 7) is 1.53. The number of hydrogen-bond donors (Lipinski definition) is 1. The van der Waals surface area contributed by atoms with E-state index >= 15 is 0 Å². The number of carbonyl (C=O) groups excluding carboxylic acids is 2. The fourth-order valence-corrected chi connectivity index (χ4v) is 2.90. The molecule has 114 valence electrons. The van der Waals surface area contributed by atoms with Crippen molar-refractivity contribution in [2.75, 3.05) is 5.73 Å². The highest BCUT2D eigenvalue weighted by Gasteiger charge is 2.31. The maximum atomic E-state index is 13.9. The van der Waals surface area contributed by atoms with Gasteiger partial charge in [0.1, 0.15) is 22.9 Å². The third-order valence-electron chi connectivity index (χ3n) is 3.97. The Morgan fingerprint density at radius 3 is 2.73 bits per heavy atom. The molecule has 2 aromatic rings. The minimum Gasteiger partial charge on any atom is -0.398 e. The van der Waals surface area contributed by atoms with Crippen molar-refractivity contribution in [1.82, 2.24) is 9.55 Å². The number of aromatic nitrogens is 2. The van der Waals surface area contributed by atoms with E-state index in [1.54, 1.807) is 0 Å². The maximum absolute atomic E-state index is 13.9. The number of benzene rings is 1. The summed E-state index contributed by atoms with van der Waals surface area (Å²) in [5, 5.41) is -0.0321. The van der Waals surface area contributed by atoms with Crippen LogP contribution >= 0.6 is 0 Å². The third kappa shape index (κ3) is 2.09. The second kappa shape index (κ2) is 5.01. The number of nitrogens with zero attached hydrogens (tertiary/aromatic N) is 2. The van der Waals surface area contributed by atoms with Gasteiger partial charge in [0.15, 0.2) is 5.78 Å². The SMILES string of the molecule is Cc1nc2c(F)ccc(N)c2c(=O)n1C1CCC(=O)CC1=O. The van der Waals surface area contributed by atoms with Crippen LogP contribution in [-0.2, 0) is 9.59 Å². The molecule has 1 heterocycles. The number of anilines is 1. The zero-order valence-electron chi connectivity index (χ0n) is 11.9. The zero-order valence-corrected chi connectivity index (χ0v) is 11.9. The fraction of sp³-hybridized carbons (Fsp3) is 0.333. The molecule has 1 aromatic heterocycles. The molecule has 1 aliphatic rings. The summed E-state index contributed by atoms with van der Waals surface area (Å²) in [7, 11) is 0. The van der Waals surface area contributed by atoms with Crippen LogP contribution in [0.5, 0.6) is 0 Å². The van der Waals surface area contributed by atoms with Crippen LogP contribution in [0.1, 0.15) is 31.1 Å². The Kier molecular flexibility index (Phi) is 3.27. The molecular formula is C15H14FN3O3. The lowest BCUT2D eigenvalue weighted by molar-refractivity contribution is -0.132. The first-order chi connectivity index (χ1) is 10.4. The molecule has 1 aromatic carbocycles. The van der Waals surface area contributed by atoms with Gasteiger partial charge in [-0.05, 0) is 25.5 Å². The van der Waals surface area contributed by atoms with E-state index in [2.05, 4.69) is 4.98 Å². The van der Waals surface area contributed by atoms with Gasteiger partial charge in [0.05, 0.1) is 17.8 Å². The van der Waals surface area contributed by atoms with Crippen molar-refractivity contribution in [1.29, 1.82) is 0 Å². The van der Waals surface area contributed by atoms with Crippen molar-refractivity contribution < 1.29 is 14.0 Å². The monoisotopic (exact) mass is 303 g/mol. The first-order valence-electron chi connectivity index (χ1n) is 6.91. The largest absolute Gasteiger partial charge is 0.398 e. The van der Waals surface area contributed by atoms with Crippen molar-refractivity contribution in [3.8, 4) is 0 Å². The number of aryl methyl sites for hydroxylation is 1. The Balaban J connectivity index is 2.27. The zero-order chi connectivity index (χ0) is 16.0. The van der Waals surface area contributed by atoms with Gasteiger partial charge in [0.25, 0.3) is 5.56 Å². The Morgan fingerprint density at radius 1 is 1.32 bits per heavy atom. The second-order valence-corrected chi connectivity index (χ2v) is 5.43. The molecule has 7 heteroatoms. The summed E-state index contributed by atoms with van der Waals surface area (Å²) in [6, 6.07) is 1.70. The van der Waals surface area contributed by atoms with Crippen molar-refractivity contribution in [2.45, 2.75) is 32.2 Å². The van der Waals surface area contributed by atoms with Crippen molar-refractivity contribution >= 4 is 28.2 Å². The van der Waals surface area contributed by atoms with E-state index in [9.17, 15) is 18.8 Å². The summed E-state index contributed by atoms with van der Waals surface area (Å²) >= 11 is 0. The van der Waals surface area contributed by atoms with Gasteiger partial charge in [-0.1, -0.05) is 0 Å². The Hall–Kier alpha value is -2.57. The molecule has 0 spiro atoms. The molecule has 0 saturated heterocycles. The standard InChI is InChI=1S/C15H14FN3O3/c1-7-18-14-9(16)3-4-10(17)13(14)15(22)19(7)11-5-2-8(20)6-12(11)21/h3-4,11H,2,5-6,17H2,1H3. The van der Waals surface area contributed by atoms with Crippen LogP contribution in [0.15, 0.2) is 16.9 Å². The first kappa shape index (κ1) is 14.4. The molecule has 2 N–H and O–H groups in total. The number of carbonyl (C=O) groups is 2. The highest BCUT2D eigenvalue weighted by atomic mass is 19.1. The summed E-state index contributed by atoms with van der Waals surface area (Å²) < 4.78 is 15.1. The third-order valence-corrected chi connectivity index (χ3v) is 3.97. The maximum Gasteiger partial charge on any atom is 0.264 e. The lowest BCUT2D eigenvalue weighted by atomic mass is 9.92. The number of halogens is 1. The van der Waals surface area contributed by atoms with E-state index < -0.39 is 17.4 Å². The van der Waals surface area contributed by atoms with Crippen molar-refractivity contribution in [2.24, 2.45) is 0 Å². The number of nitrogen functional groups attached to an aromatic ring is 1. The highest BCUT2D eigenvalue weighted by molar-refractivity contribution is 6.03. The van der Waals surface area contributed by atoms with Crippen LogP contribution in [0, 0.1) is 12.7 Å². The van der Waals surface area contributed by atoms with Crippen molar-refractivity contribution in [3.05, 3.63) is 34.1 Å². The van der Waals surface area contributed by atoms with Crippen LogP contribution < -0.4 is 11.3 Å². The van der Waals surface area contributed by atoms with E-state index in [-0.39, 0.29) is 53.2 Å². The Labute approximate surface area is 124 Å². The molecule has 1 saturated carbocycles. The molecule has 1 fully saturated rings. The molecular weight excluding hydrogens is 289 g/mol. The van der Waals surface area contributed by atoms with E-state index in [0.29, 0.717) is 0 Å². The summed E-state index contributed by atoms with van der Waals surface area (Å²) in [5.41, 5.74) is 5.24. The molecule has 1 unspecified atom stereocenters. The molecule has 0 aliphatic heterocycles. The molecule has 0 amide bonds. The predicted molar refractivity (Wildman–Crippen MR) is 78.0 cm³/mol. The van der Waals surface area contributed by atoms with Gasteiger partial charge in [-0.2, -0.15) is 0 Å². The second-order valence-electron chi connectivity index (χ2n) is 5.43. The average Bonchev–Trinajstić information content (AvgIpc) is 2.45. The predicted octanol–water partition coefficient (Wildman–Crippen LogP) is 1.29. The molecule has 0 bridgehead atoms. The molecule has 0 radical (unpaired) electrons. The number of ketones is 2. The van der Waals surface area contributed by atoms with E-state index in [1.807, 2.05) is 0 Å². The number of nitrogens with two attached hydrogens (primary N) is 1. The van der Waals surface area contributed by atoms with Gasteiger partial charge >= 0.3 is 0 Å². The average molecular weight is 303 g/mol. The normalized spacial score (nSPS) is 18.9. The van der Waals surface area contributed by atoms with Crippen LogP contribution in [0.3, 0.4) is 0 Å². The topological polar surface area (TPSA) is 95.0 Å². The molecule has 1 atom stereocenters. The van der Waals surface area contributed by atoms with Gasteiger partial charge in [-0.15, -0.1) is 0 Å². The van der Waals surface area contributed by atoms with Crippen LogP contribution in [-0.4, -0.2) is 21.1 Å². The van der Waals surface area contributed by atoms with Gasteiger partial charge in [0, 0.05) is 12.1 Å². The van der Waals surface area contributed by atoms with E-state index in [1.165, 1.54) is 17.6 Å². The van der Waals surface area contributed by atoms with E-state index in [4.69, 9.17) is 5.73 Å². The smallest absolute Gasteiger partial charge is 0.264 e. The highest BCUT2D eigenvalue weighted by Crippen LogP contribution is 2.25. The Bertz CT molecular complexity index is 872. The minimum absolute atomic E-state index is 0.0321. The minimum atomic E-state index is -0.746. The lowest BCUT2D eigenvalue weighted by Gasteiger charge is -2.24. The summed E-state index contributed by atoms with van der Waals surface area (Å²) in [6.07, 6.45) is 0.299. The number of fused-ring (bicyclic) bond motifs is 1. The molecule has 22 heavy (non-hydrogen) atoms.